The molecule has 1 aliphatic rings. The second-order valence-electron chi connectivity index (χ2n) is 5.61. The number of fused-ring (bicyclic) bond motifs is 1. The summed E-state index contributed by atoms with van der Waals surface area (Å²) in [5, 5.41) is 0.230. The molecule has 23 heavy (non-hydrogen) atoms. The summed E-state index contributed by atoms with van der Waals surface area (Å²) in [7, 11) is 0. The van der Waals surface area contributed by atoms with Crippen LogP contribution in [0.1, 0.15) is 6.92 Å². The third kappa shape index (κ3) is 2.94. The van der Waals surface area contributed by atoms with E-state index in [4.69, 9.17) is 4.74 Å². The van der Waals surface area contributed by atoms with Crippen LogP contribution in [0.2, 0.25) is 0 Å². The van der Waals surface area contributed by atoms with Gasteiger partial charge in [-0.15, -0.1) is 0 Å². The van der Waals surface area contributed by atoms with Crippen LogP contribution in [0.3, 0.4) is 0 Å². The van der Waals surface area contributed by atoms with Crippen molar-refractivity contribution in [2.75, 3.05) is 11.5 Å². The molecule has 4 rings (SSSR count). The topological polar surface area (TPSA) is 41.1 Å². The van der Waals surface area contributed by atoms with Gasteiger partial charge in [-0.25, -0.2) is 4.98 Å². The van der Waals surface area contributed by atoms with E-state index in [1.54, 1.807) is 6.33 Å². The quantitative estimate of drug-likeness (QED) is 0.788. The fourth-order valence-corrected chi connectivity index (χ4v) is 4.12. The largest absolute Gasteiger partial charge is 0.370 e. The van der Waals surface area contributed by atoms with Gasteiger partial charge < -0.3 is 14.6 Å². The fourth-order valence-electron chi connectivity index (χ4n) is 2.91. The lowest BCUT2D eigenvalue weighted by Gasteiger charge is -2.41. The molecule has 2 atom stereocenters. The molecule has 3 aromatic rings. The predicted molar refractivity (Wildman–Crippen MR) is 94.4 cm³/mol. The Labute approximate surface area is 139 Å². The molecule has 2 aromatic carbocycles. The summed E-state index contributed by atoms with van der Waals surface area (Å²) in [4.78, 5) is 11.2. The first-order valence-electron chi connectivity index (χ1n) is 7.69. The Morgan fingerprint density at radius 3 is 2.96 bits per heavy atom. The van der Waals surface area contributed by atoms with Gasteiger partial charge in [0.2, 0.25) is 0 Å². The standard InChI is InChI=1S/C18H18N3OS/c1-13-10-22-11-18(23-15-5-3-2-4-6-15)21(13)14-7-8-16-17(9-14)20-12-19-16/h2-10,12-13,18H,11H2,1H3,(H,19,20). The molecule has 5 heteroatoms. The van der Waals surface area contributed by atoms with E-state index in [0.717, 1.165) is 11.0 Å². The molecule has 1 fully saturated rings. The van der Waals surface area contributed by atoms with Crippen LogP contribution >= 0.6 is 11.8 Å². The molecule has 2 heterocycles. The van der Waals surface area contributed by atoms with Gasteiger partial charge in [-0.2, -0.15) is 0 Å². The van der Waals surface area contributed by atoms with Gasteiger partial charge in [-0.1, -0.05) is 30.0 Å². The minimum absolute atomic E-state index is 0.210. The van der Waals surface area contributed by atoms with Crippen LogP contribution in [0.25, 0.3) is 11.0 Å². The van der Waals surface area contributed by atoms with Crippen LogP contribution in [0.15, 0.2) is 59.8 Å². The maximum atomic E-state index is 5.68. The van der Waals surface area contributed by atoms with Crippen molar-refractivity contribution >= 4 is 28.5 Å². The number of rotatable bonds is 3. The van der Waals surface area contributed by atoms with Crippen molar-refractivity contribution in [1.82, 2.24) is 9.97 Å². The van der Waals surface area contributed by atoms with Crippen molar-refractivity contribution in [1.29, 1.82) is 0 Å². The van der Waals surface area contributed by atoms with E-state index in [2.05, 4.69) is 64.3 Å². The Balaban J connectivity index is 1.66. The smallest absolute Gasteiger partial charge is 0.106 e. The summed E-state index contributed by atoms with van der Waals surface area (Å²) in [6, 6.07) is 17.1. The molecule has 4 nitrogen and oxygen atoms in total. The molecule has 1 aromatic heterocycles. The third-order valence-corrected chi connectivity index (χ3v) is 5.18. The Bertz CT molecular complexity index is 789. The van der Waals surface area contributed by atoms with Crippen molar-refractivity contribution in [2.24, 2.45) is 0 Å². The number of hydrogen-bond donors (Lipinski definition) is 1. The highest BCUT2D eigenvalue weighted by Gasteiger charge is 2.30. The second kappa shape index (κ2) is 6.26. The van der Waals surface area contributed by atoms with E-state index in [1.807, 2.05) is 24.4 Å². The van der Waals surface area contributed by atoms with Gasteiger partial charge in [-0.05, 0) is 37.3 Å². The summed E-state index contributed by atoms with van der Waals surface area (Å²) in [6.07, 6.45) is 1.74. The Kier molecular flexibility index (Phi) is 3.97. The second-order valence-corrected chi connectivity index (χ2v) is 6.86. The Morgan fingerprint density at radius 1 is 1.22 bits per heavy atom. The molecule has 1 aliphatic heterocycles. The normalized spacial score (nSPS) is 21.7. The lowest BCUT2D eigenvalue weighted by atomic mass is 10.2. The molecule has 2 unspecified atom stereocenters. The van der Waals surface area contributed by atoms with Gasteiger partial charge in [0.1, 0.15) is 12.0 Å². The fraction of sp³-hybridized carbons (Fsp3) is 0.222. The van der Waals surface area contributed by atoms with Crippen molar-refractivity contribution in [3.63, 3.8) is 0 Å². The van der Waals surface area contributed by atoms with Crippen LogP contribution in [-0.4, -0.2) is 28.0 Å². The summed E-state index contributed by atoms with van der Waals surface area (Å²) in [6.45, 7) is 4.74. The maximum absolute atomic E-state index is 5.68. The number of ether oxygens (including phenoxy) is 1. The number of H-pyrrole nitrogens is 1. The van der Waals surface area contributed by atoms with Crippen LogP contribution in [0.5, 0.6) is 0 Å². The van der Waals surface area contributed by atoms with E-state index in [9.17, 15) is 0 Å². The van der Waals surface area contributed by atoms with E-state index < -0.39 is 0 Å². The number of anilines is 1. The summed E-state index contributed by atoms with van der Waals surface area (Å²) < 4.78 is 5.68. The zero-order chi connectivity index (χ0) is 15.6. The molecule has 117 valence electrons. The average Bonchev–Trinajstić information content (AvgIpc) is 3.03. The predicted octanol–water partition coefficient (Wildman–Crippen LogP) is 4.07. The average molecular weight is 324 g/mol. The number of aromatic amines is 1. The minimum Gasteiger partial charge on any atom is -0.370 e. The number of hydrogen-bond acceptors (Lipinski definition) is 4. The highest BCUT2D eigenvalue weighted by Crippen LogP contribution is 2.35. The molecular formula is C18H18N3OS. The van der Waals surface area contributed by atoms with Gasteiger partial charge in [-0.3, -0.25) is 0 Å². The van der Waals surface area contributed by atoms with Gasteiger partial charge in [0, 0.05) is 10.6 Å². The number of imidazole rings is 1. The first-order chi connectivity index (χ1) is 11.3. The molecule has 0 spiro atoms. The highest BCUT2D eigenvalue weighted by atomic mass is 32.2. The molecular weight excluding hydrogens is 306 g/mol. The van der Waals surface area contributed by atoms with E-state index in [1.165, 1.54) is 10.6 Å². The Hall–Kier alpha value is -1.98. The van der Waals surface area contributed by atoms with Gasteiger partial charge >= 0.3 is 0 Å². The van der Waals surface area contributed by atoms with Gasteiger partial charge in [0.05, 0.1) is 30.0 Å². The molecule has 0 amide bonds. The number of thioether (sulfide) groups is 1. The van der Waals surface area contributed by atoms with Gasteiger partial charge in [0.15, 0.2) is 0 Å². The van der Waals surface area contributed by atoms with Crippen molar-refractivity contribution in [2.45, 2.75) is 23.2 Å². The van der Waals surface area contributed by atoms with E-state index in [-0.39, 0.29) is 11.4 Å². The molecule has 1 N–H and O–H groups in total. The molecule has 0 bridgehead atoms. The van der Waals surface area contributed by atoms with Crippen molar-refractivity contribution in [3.8, 4) is 0 Å². The van der Waals surface area contributed by atoms with Crippen LogP contribution in [-0.2, 0) is 4.74 Å². The van der Waals surface area contributed by atoms with Crippen molar-refractivity contribution in [3.05, 3.63) is 61.5 Å². The van der Waals surface area contributed by atoms with Crippen LogP contribution in [0.4, 0.5) is 5.69 Å². The highest BCUT2D eigenvalue weighted by molar-refractivity contribution is 8.00. The van der Waals surface area contributed by atoms with Crippen LogP contribution < -0.4 is 4.90 Å². The Morgan fingerprint density at radius 2 is 2.09 bits per heavy atom. The summed E-state index contributed by atoms with van der Waals surface area (Å²) in [5.74, 6) is 0. The first kappa shape index (κ1) is 14.6. The van der Waals surface area contributed by atoms with Crippen molar-refractivity contribution < 1.29 is 4.74 Å². The number of morpholine rings is 1. The molecule has 1 radical (unpaired) electrons. The third-order valence-electron chi connectivity index (χ3n) is 4.00. The minimum atomic E-state index is 0.210. The summed E-state index contributed by atoms with van der Waals surface area (Å²) in [5.41, 5.74) is 3.22. The zero-order valence-corrected chi connectivity index (χ0v) is 13.7. The monoisotopic (exact) mass is 324 g/mol. The van der Waals surface area contributed by atoms with Crippen LogP contribution in [0, 0.1) is 6.61 Å². The van der Waals surface area contributed by atoms with E-state index in [0.29, 0.717) is 6.61 Å². The van der Waals surface area contributed by atoms with Gasteiger partial charge in [0.25, 0.3) is 0 Å². The zero-order valence-electron chi connectivity index (χ0n) is 12.8. The maximum Gasteiger partial charge on any atom is 0.106 e. The molecule has 1 saturated heterocycles. The number of aromatic nitrogens is 2. The first-order valence-corrected chi connectivity index (χ1v) is 8.57. The van der Waals surface area contributed by atoms with E-state index >= 15 is 0 Å². The molecule has 0 saturated carbocycles. The lowest BCUT2D eigenvalue weighted by Crippen LogP contribution is -2.47. The number of nitrogens with zero attached hydrogens (tertiary/aromatic N) is 2. The lowest BCUT2D eigenvalue weighted by molar-refractivity contribution is 0.151. The SMILES string of the molecule is CC1[CH]OCC(Sc2ccccc2)N1c1ccc2[nH]cnc2c1. The number of nitrogens with one attached hydrogen (secondary N) is 1. The molecule has 0 aliphatic carbocycles. The summed E-state index contributed by atoms with van der Waals surface area (Å²) >= 11 is 1.83. The number of benzene rings is 2.